The first-order valence-corrected chi connectivity index (χ1v) is 9.19. The Balaban J connectivity index is 1.60. The van der Waals surface area contributed by atoms with E-state index in [9.17, 15) is 9.59 Å². The van der Waals surface area contributed by atoms with Gasteiger partial charge >= 0.3 is 0 Å². The van der Waals surface area contributed by atoms with Crippen LogP contribution in [0.1, 0.15) is 28.8 Å². The topological polar surface area (TPSA) is 52.7 Å². The number of hydrogen-bond acceptors (Lipinski definition) is 3. The van der Waals surface area contributed by atoms with Crippen LogP contribution in [0.5, 0.6) is 0 Å². The molecule has 0 saturated carbocycles. The second kappa shape index (κ2) is 8.54. The van der Waals surface area contributed by atoms with Crippen molar-refractivity contribution in [1.29, 1.82) is 0 Å². The smallest absolute Gasteiger partial charge is 0.253 e. The van der Waals surface area contributed by atoms with Gasteiger partial charge in [-0.2, -0.15) is 0 Å². The molecule has 1 heterocycles. The van der Waals surface area contributed by atoms with Crippen LogP contribution in [-0.4, -0.2) is 43.9 Å². The maximum Gasteiger partial charge on any atom is 0.253 e. The van der Waals surface area contributed by atoms with Crippen LogP contribution >= 0.6 is 0 Å². The second-order valence-electron chi connectivity index (χ2n) is 6.89. The highest BCUT2D eigenvalue weighted by Gasteiger charge is 2.12. The zero-order chi connectivity index (χ0) is 19.2. The number of hydrogen-bond donors (Lipinski definition) is 1. The van der Waals surface area contributed by atoms with Crippen LogP contribution < -0.4 is 10.2 Å². The summed E-state index contributed by atoms with van der Waals surface area (Å²) >= 11 is 0. The van der Waals surface area contributed by atoms with Gasteiger partial charge in [0.1, 0.15) is 0 Å². The van der Waals surface area contributed by atoms with Gasteiger partial charge in [0.15, 0.2) is 0 Å². The first-order valence-electron chi connectivity index (χ1n) is 9.19. The molecule has 1 saturated heterocycles. The predicted octanol–water partition coefficient (Wildman–Crippen LogP) is 3.64. The fraction of sp³-hybridized carbons (Fsp3) is 0.273. The van der Waals surface area contributed by atoms with Gasteiger partial charge in [-0.15, -0.1) is 0 Å². The Labute approximate surface area is 160 Å². The molecule has 5 nitrogen and oxygen atoms in total. The van der Waals surface area contributed by atoms with Crippen LogP contribution in [0.3, 0.4) is 0 Å². The molecule has 27 heavy (non-hydrogen) atoms. The minimum atomic E-state index is -0.179. The third-order valence-electron chi connectivity index (χ3n) is 4.58. The lowest BCUT2D eigenvalue weighted by Gasteiger charge is -2.18. The van der Waals surface area contributed by atoms with Gasteiger partial charge in [0.2, 0.25) is 5.91 Å². The molecule has 2 aromatic carbocycles. The van der Waals surface area contributed by atoms with E-state index in [-0.39, 0.29) is 11.8 Å². The first-order chi connectivity index (χ1) is 13.0. The molecule has 3 rings (SSSR count). The molecule has 2 aromatic rings. The fourth-order valence-corrected chi connectivity index (χ4v) is 3.11. The summed E-state index contributed by atoms with van der Waals surface area (Å²) in [6.07, 6.45) is 5.69. The molecule has 2 amide bonds. The number of benzene rings is 2. The molecular formula is C22H25N3O2. The summed E-state index contributed by atoms with van der Waals surface area (Å²) in [6.45, 7) is 2.15. The molecule has 0 bridgehead atoms. The van der Waals surface area contributed by atoms with Crippen LogP contribution in [0, 0.1) is 0 Å². The molecule has 5 heteroatoms. The molecule has 0 atom stereocenters. The number of rotatable bonds is 5. The molecule has 140 valence electrons. The number of carbonyl (C=O) groups excluding carboxylic acids is 2. The number of nitrogens with zero attached hydrogens (tertiary/aromatic N) is 2. The average molecular weight is 363 g/mol. The summed E-state index contributed by atoms with van der Waals surface area (Å²) in [7, 11) is 3.44. The van der Waals surface area contributed by atoms with E-state index in [4.69, 9.17) is 0 Å². The number of amides is 2. The van der Waals surface area contributed by atoms with Crippen molar-refractivity contribution in [2.45, 2.75) is 12.8 Å². The van der Waals surface area contributed by atoms with Crippen LogP contribution in [0.2, 0.25) is 0 Å². The lowest BCUT2D eigenvalue weighted by atomic mass is 10.1. The van der Waals surface area contributed by atoms with E-state index in [1.165, 1.54) is 23.8 Å². The summed E-state index contributed by atoms with van der Waals surface area (Å²) < 4.78 is 0. The Bertz CT molecular complexity index is 835. The average Bonchev–Trinajstić information content (AvgIpc) is 3.21. The molecule has 0 radical (unpaired) electrons. The minimum Gasteiger partial charge on any atom is -0.371 e. The van der Waals surface area contributed by atoms with Gasteiger partial charge in [-0.3, -0.25) is 9.59 Å². The van der Waals surface area contributed by atoms with Crippen LogP contribution in [0.4, 0.5) is 11.4 Å². The third-order valence-corrected chi connectivity index (χ3v) is 4.58. The number of nitrogens with one attached hydrogen (secondary N) is 1. The van der Waals surface area contributed by atoms with Crippen molar-refractivity contribution in [2.24, 2.45) is 0 Å². The maximum absolute atomic E-state index is 12.2. The quantitative estimate of drug-likeness (QED) is 0.825. The lowest BCUT2D eigenvalue weighted by Crippen LogP contribution is -2.21. The van der Waals surface area contributed by atoms with Crippen molar-refractivity contribution >= 4 is 29.3 Å². The van der Waals surface area contributed by atoms with E-state index in [1.54, 1.807) is 32.3 Å². The van der Waals surface area contributed by atoms with E-state index in [0.717, 1.165) is 30.0 Å². The normalized spacial score (nSPS) is 13.8. The van der Waals surface area contributed by atoms with Gasteiger partial charge in [0.25, 0.3) is 5.91 Å². The molecule has 1 N–H and O–H groups in total. The van der Waals surface area contributed by atoms with Crippen LogP contribution in [0.15, 0.2) is 54.6 Å². The standard InChI is InChI=1S/C22H25N3O2/c1-24(2)22(27)18-11-8-17(9-12-18)10-13-21(26)23-19-6-5-7-20(16-19)25-14-3-4-15-25/h5-13,16H,3-4,14-15H2,1-2H3,(H,23,26)/b13-10+. The van der Waals surface area contributed by atoms with Crippen molar-refractivity contribution in [3.8, 4) is 0 Å². The SMILES string of the molecule is CN(C)C(=O)c1ccc(/C=C/C(=O)Nc2cccc(N3CCCC3)c2)cc1. The van der Waals surface area contributed by atoms with E-state index < -0.39 is 0 Å². The Kier molecular flexibility index (Phi) is 5.91. The molecule has 0 aromatic heterocycles. The van der Waals surface area contributed by atoms with Gasteiger partial charge in [-0.25, -0.2) is 0 Å². The highest BCUT2D eigenvalue weighted by Crippen LogP contribution is 2.23. The highest BCUT2D eigenvalue weighted by molar-refractivity contribution is 6.02. The molecule has 0 unspecified atom stereocenters. The maximum atomic E-state index is 12.2. The van der Waals surface area contributed by atoms with E-state index in [1.807, 2.05) is 30.3 Å². The van der Waals surface area contributed by atoms with Gasteiger partial charge in [0, 0.05) is 50.2 Å². The first kappa shape index (κ1) is 18.7. The van der Waals surface area contributed by atoms with Gasteiger partial charge < -0.3 is 15.1 Å². The van der Waals surface area contributed by atoms with Gasteiger partial charge in [-0.05, 0) is 54.8 Å². The third kappa shape index (κ3) is 4.97. The summed E-state index contributed by atoms with van der Waals surface area (Å²) in [5.74, 6) is -0.219. The van der Waals surface area contributed by atoms with Crippen molar-refractivity contribution in [1.82, 2.24) is 4.90 Å². The molecule has 0 spiro atoms. The van der Waals surface area contributed by atoms with Crippen molar-refractivity contribution in [3.63, 3.8) is 0 Å². The summed E-state index contributed by atoms with van der Waals surface area (Å²) in [4.78, 5) is 28.0. The molecule has 1 aliphatic rings. The summed E-state index contributed by atoms with van der Waals surface area (Å²) in [5.41, 5.74) is 3.43. The monoisotopic (exact) mass is 363 g/mol. The van der Waals surface area contributed by atoms with Crippen molar-refractivity contribution in [3.05, 3.63) is 65.7 Å². The zero-order valence-corrected chi connectivity index (χ0v) is 15.8. The molecular weight excluding hydrogens is 338 g/mol. The molecule has 0 aliphatic carbocycles. The van der Waals surface area contributed by atoms with E-state index in [0.29, 0.717) is 5.56 Å². The van der Waals surface area contributed by atoms with Crippen LogP contribution in [0.25, 0.3) is 6.08 Å². The Morgan fingerprint density at radius 1 is 1.04 bits per heavy atom. The number of carbonyl (C=O) groups is 2. The van der Waals surface area contributed by atoms with Gasteiger partial charge in [0.05, 0.1) is 0 Å². The van der Waals surface area contributed by atoms with Crippen molar-refractivity contribution < 1.29 is 9.59 Å². The van der Waals surface area contributed by atoms with E-state index >= 15 is 0 Å². The zero-order valence-electron chi connectivity index (χ0n) is 15.8. The second-order valence-corrected chi connectivity index (χ2v) is 6.89. The molecule has 1 fully saturated rings. The van der Waals surface area contributed by atoms with Crippen LogP contribution in [-0.2, 0) is 4.79 Å². The van der Waals surface area contributed by atoms with Gasteiger partial charge in [-0.1, -0.05) is 18.2 Å². The summed E-state index contributed by atoms with van der Waals surface area (Å²) in [5, 5.41) is 2.91. The Morgan fingerprint density at radius 3 is 2.41 bits per heavy atom. The lowest BCUT2D eigenvalue weighted by molar-refractivity contribution is -0.111. The Hall–Kier alpha value is -3.08. The highest BCUT2D eigenvalue weighted by atomic mass is 16.2. The number of anilines is 2. The largest absolute Gasteiger partial charge is 0.371 e. The van der Waals surface area contributed by atoms with E-state index in [2.05, 4.69) is 16.3 Å². The Morgan fingerprint density at radius 2 is 1.74 bits per heavy atom. The van der Waals surface area contributed by atoms with Crippen molar-refractivity contribution in [2.75, 3.05) is 37.4 Å². The molecule has 1 aliphatic heterocycles. The summed E-state index contributed by atoms with van der Waals surface area (Å²) in [6, 6.07) is 15.1. The fourth-order valence-electron chi connectivity index (χ4n) is 3.11. The minimum absolute atomic E-state index is 0.0406. The predicted molar refractivity (Wildman–Crippen MR) is 110 cm³/mol.